The number of carbonyl (C=O) groups is 1. The van der Waals surface area contributed by atoms with Crippen LogP contribution in [0.25, 0.3) is 0 Å². The molecule has 0 atom stereocenters. The van der Waals surface area contributed by atoms with Crippen molar-refractivity contribution in [1.29, 1.82) is 5.26 Å². The maximum absolute atomic E-state index is 12.1. The molecule has 0 unspecified atom stereocenters. The van der Waals surface area contributed by atoms with Gasteiger partial charge in [0, 0.05) is 5.56 Å². The Labute approximate surface area is 152 Å². The molecular formula is C16H15N3O6S. The van der Waals surface area contributed by atoms with Crippen molar-refractivity contribution in [2.24, 2.45) is 0 Å². The number of anilines is 1. The van der Waals surface area contributed by atoms with E-state index in [1.807, 2.05) is 6.07 Å². The number of nitro benzene ring substituents is 1. The zero-order valence-electron chi connectivity index (χ0n) is 14.0. The normalized spacial score (nSPS) is 10.0. The molecule has 136 valence electrons. The van der Waals surface area contributed by atoms with Crippen molar-refractivity contribution in [3.8, 4) is 17.6 Å². The highest BCUT2D eigenvalue weighted by Gasteiger charge is 2.24. The third-order valence-electron chi connectivity index (χ3n) is 3.34. The fourth-order valence-corrected chi connectivity index (χ4v) is 3.06. The maximum atomic E-state index is 12.1. The molecule has 2 N–H and O–H groups in total. The second-order valence-electron chi connectivity index (χ2n) is 4.86. The number of nitriles is 1. The number of nitrogen functional groups attached to an aromatic ring is 1. The summed E-state index contributed by atoms with van der Waals surface area (Å²) in [6, 6.07) is 6.01. The molecule has 0 amide bonds. The molecule has 2 rings (SSSR count). The second-order valence-corrected chi connectivity index (χ2v) is 5.91. The molecule has 1 heterocycles. The van der Waals surface area contributed by atoms with Crippen molar-refractivity contribution in [3.05, 3.63) is 44.3 Å². The smallest absolute Gasteiger partial charge is 0.348 e. The minimum Gasteiger partial charge on any atom is -0.496 e. The molecule has 0 bridgehead atoms. The van der Waals surface area contributed by atoms with E-state index in [4.69, 9.17) is 19.9 Å². The van der Waals surface area contributed by atoms with Gasteiger partial charge < -0.3 is 19.9 Å². The summed E-state index contributed by atoms with van der Waals surface area (Å²) in [4.78, 5) is 22.8. The number of thiophene rings is 1. The average molecular weight is 377 g/mol. The van der Waals surface area contributed by atoms with E-state index in [1.54, 1.807) is 6.92 Å². The SMILES string of the molecule is CCOC(=O)c1sc(N)c(C#N)c1COc1ccc(OC)cc1[N+](=O)[O-]. The Hall–Kier alpha value is -3.32. The lowest BCUT2D eigenvalue weighted by Crippen LogP contribution is -2.08. The molecule has 10 heteroatoms. The molecule has 1 aromatic carbocycles. The average Bonchev–Trinajstić information content (AvgIpc) is 2.95. The number of benzene rings is 1. The van der Waals surface area contributed by atoms with Crippen LogP contribution in [0, 0.1) is 21.4 Å². The summed E-state index contributed by atoms with van der Waals surface area (Å²) in [6.07, 6.45) is 0. The number of rotatable bonds is 7. The van der Waals surface area contributed by atoms with Crippen LogP contribution in [0.3, 0.4) is 0 Å². The Morgan fingerprint density at radius 1 is 1.46 bits per heavy atom. The standard InChI is InChI=1S/C16H15N3O6S/c1-3-24-16(20)14-11(10(7-17)15(18)26-14)8-25-13-5-4-9(23-2)6-12(13)19(21)22/h4-6H,3,8,18H2,1-2H3. The topological polar surface area (TPSA) is 138 Å². The molecule has 26 heavy (non-hydrogen) atoms. The van der Waals surface area contributed by atoms with Crippen LogP contribution in [-0.4, -0.2) is 24.6 Å². The highest BCUT2D eigenvalue weighted by atomic mass is 32.1. The number of carbonyl (C=O) groups excluding carboxylic acids is 1. The van der Waals surface area contributed by atoms with Gasteiger partial charge in [0.25, 0.3) is 0 Å². The van der Waals surface area contributed by atoms with Crippen molar-refractivity contribution in [1.82, 2.24) is 0 Å². The highest BCUT2D eigenvalue weighted by Crippen LogP contribution is 2.35. The highest BCUT2D eigenvalue weighted by molar-refractivity contribution is 7.18. The Bertz CT molecular complexity index is 887. The molecule has 0 saturated carbocycles. The van der Waals surface area contributed by atoms with Crippen LogP contribution >= 0.6 is 11.3 Å². The molecule has 0 radical (unpaired) electrons. The van der Waals surface area contributed by atoms with Gasteiger partial charge in [-0.15, -0.1) is 11.3 Å². The lowest BCUT2D eigenvalue weighted by molar-refractivity contribution is -0.386. The van der Waals surface area contributed by atoms with Crippen LogP contribution in [-0.2, 0) is 11.3 Å². The lowest BCUT2D eigenvalue weighted by atomic mass is 10.1. The monoisotopic (exact) mass is 377 g/mol. The van der Waals surface area contributed by atoms with E-state index < -0.39 is 10.9 Å². The van der Waals surface area contributed by atoms with E-state index in [0.717, 1.165) is 11.3 Å². The summed E-state index contributed by atoms with van der Waals surface area (Å²) in [5.74, 6) is -0.360. The summed E-state index contributed by atoms with van der Waals surface area (Å²) in [7, 11) is 1.39. The quantitative estimate of drug-likeness (QED) is 0.441. The van der Waals surface area contributed by atoms with Gasteiger partial charge in [-0.1, -0.05) is 0 Å². The maximum Gasteiger partial charge on any atom is 0.348 e. The van der Waals surface area contributed by atoms with Gasteiger partial charge in [-0.2, -0.15) is 5.26 Å². The van der Waals surface area contributed by atoms with E-state index in [9.17, 15) is 20.2 Å². The van der Waals surface area contributed by atoms with Crippen molar-refractivity contribution < 1.29 is 23.9 Å². The second kappa shape index (κ2) is 8.17. The van der Waals surface area contributed by atoms with Crippen LogP contribution < -0.4 is 15.2 Å². The summed E-state index contributed by atoms with van der Waals surface area (Å²) in [6.45, 7) is 1.55. The first kappa shape index (κ1) is 19.0. The Morgan fingerprint density at radius 2 is 2.19 bits per heavy atom. The van der Waals surface area contributed by atoms with Gasteiger partial charge in [-0.05, 0) is 19.1 Å². The third kappa shape index (κ3) is 3.84. The van der Waals surface area contributed by atoms with Crippen LogP contribution in [0.2, 0.25) is 0 Å². The molecule has 0 aliphatic rings. The predicted molar refractivity (Wildman–Crippen MR) is 93.4 cm³/mol. The minimum atomic E-state index is -0.631. The molecule has 0 aliphatic heterocycles. The number of ether oxygens (including phenoxy) is 3. The molecule has 0 aliphatic carbocycles. The Morgan fingerprint density at radius 3 is 2.77 bits per heavy atom. The van der Waals surface area contributed by atoms with E-state index in [0.29, 0.717) is 5.75 Å². The van der Waals surface area contributed by atoms with E-state index in [1.165, 1.54) is 25.3 Å². The molecule has 0 saturated heterocycles. The number of hydrogen-bond acceptors (Lipinski definition) is 9. The molecular weight excluding hydrogens is 362 g/mol. The van der Waals surface area contributed by atoms with E-state index >= 15 is 0 Å². The zero-order chi connectivity index (χ0) is 19.3. The van der Waals surface area contributed by atoms with E-state index in [2.05, 4.69) is 0 Å². The Kier molecular flexibility index (Phi) is 5.98. The van der Waals surface area contributed by atoms with Crippen LogP contribution in [0.5, 0.6) is 11.5 Å². The Balaban J connectivity index is 2.37. The van der Waals surface area contributed by atoms with Crippen molar-refractivity contribution in [3.63, 3.8) is 0 Å². The van der Waals surface area contributed by atoms with Crippen molar-refractivity contribution in [2.45, 2.75) is 13.5 Å². The number of nitrogens with zero attached hydrogens (tertiary/aromatic N) is 2. The minimum absolute atomic E-state index is 0.0285. The number of esters is 1. The van der Waals surface area contributed by atoms with Gasteiger partial charge in [0.15, 0.2) is 5.75 Å². The summed E-state index contributed by atoms with van der Waals surface area (Å²) in [5.41, 5.74) is 5.80. The van der Waals surface area contributed by atoms with Crippen LogP contribution in [0.1, 0.15) is 27.7 Å². The van der Waals surface area contributed by atoms with Crippen molar-refractivity contribution in [2.75, 3.05) is 19.5 Å². The number of methoxy groups -OCH3 is 1. The fraction of sp³-hybridized carbons (Fsp3) is 0.250. The molecule has 2 aromatic rings. The molecule has 9 nitrogen and oxygen atoms in total. The van der Waals surface area contributed by atoms with Gasteiger partial charge in [0.1, 0.15) is 28.3 Å². The number of nitrogens with two attached hydrogens (primary N) is 1. The van der Waals surface area contributed by atoms with Crippen LogP contribution in [0.15, 0.2) is 18.2 Å². The van der Waals surface area contributed by atoms with Crippen LogP contribution in [0.4, 0.5) is 10.7 Å². The summed E-state index contributed by atoms with van der Waals surface area (Å²) < 4.78 is 15.4. The van der Waals surface area contributed by atoms with Gasteiger partial charge in [-0.25, -0.2) is 4.79 Å². The van der Waals surface area contributed by atoms with Gasteiger partial charge in [-0.3, -0.25) is 10.1 Å². The summed E-state index contributed by atoms with van der Waals surface area (Å²) >= 11 is 0.912. The van der Waals surface area contributed by atoms with Gasteiger partial charge >= 0.3 is 11.7 Å². The molecule has 0 spiro atoms. The first-order chi connectivity index (χ1) is 12.4. The van der Waals surface area contributed by atoms with Crippen molar-refractivity contribution >= 4 is 28.0 Å². The molecule has 0 fully saturated rings. The van der Waals surface area contributed by atoms with E-state index in [-0.39, 0.29) is 45.7 Å². The fourth-order valence-electron chi connectivity index (χ4n) is 2.15. The number of nitro groups is 1. The lowest BCUT2D eigenvalue weighted by Gasteiger charge is -2.09. The third-order valence-corrected chi connectivity index (χ3v) is 4.38. The summed E-state index contributed by atoms with van der Waals surface area (Å²) in [5, 5.41) is 20.6. The van der Waals surface area contributed by atoms with Gasteiger partial charge in [0.2, 0.25) is 0 Å². The first-order valence-corrected chi connectivity index (χ1v) is 8.18. The molecule has 1 aromatic heterocycles. The first-order valence-electron chi connectivity index (χ1n) is 7.36. The predicted octanol–water partition coefficient (Wildman–Crippen LogP) is 2.87. The zero-order valence-corrected chi connectivity index (χ0v) is 14.8. The largest absolute Gasteiger partial charge is 0.496 e. The van der Waals surface area contributed by atoms with Gasteiger partial charge in [0.05, 0.1) is 30.3 Å². The number of hydrogen-bond donors (Lipinski definition) is 1.